The highest BCUT2D eigenvalue weighted by Crippen LogP contribution is 2.16. The van der Waals surface area contributed by atoms with Crippen molar-refractivity contribution in [2.75, 3.05) is 11.9 Å². The molecular weight excluding hydrogens is 425 g/mol. The first-order chi connectivity index (χ1) is 15.8. The van der Waals surface area contributed by atoms with Crippen LogP contribution in [-0.2, 0) is 24.4 Å². The van der Waals surface area contributed by atoms with Crippen molar-refractivity contribution < 1.29 is 9.18 Å². The minimum Gasteiger partial charge on any atom is -0.314 e. The summed E-state index contributed by atoms with van der Waals surface area (Å²) < 4.78 is 17.2. The Morgan fingerprint density at radius 2 is 1.67 bits per heavy atom. The summed E-state index contributed by atoms with van der Waals surface area (Å²) in [6, 6.07) is 14.7. The van der Waals surface area contributed by atoms with E-state index in [0.717, 1.165) is 4.57 Å². The molecule has 0 atom stereocenters. The SMILES string of the molecule is CCn1nc(C)c2c1c(=O)n(Cc1ccc(F)cc1)c(=O)n2CC(=O)N(C)c1ccccc1. The molecule has 8 nitrogen and oxygen atoms in total. The lowest BCUT2D eigenvalue weighted by Crippen LogP contribution is -2.43. The van der Waals surface area contributed by atoms with Crippen molar-refractivity contribution in [2.24, 2.45) is 0 Å². The number of amides is 1. The van der Waals surface area contributed by atoms with E-state index < -0.39 is 17.1 Å². The number of rotatable bonds is 6. The maximum absolute atomic E-state index is 13.5. The summed E-state index contributed by atoms with van der Waals surface area (Å²) in [6.07, 6.45) is 0. The molecule has 0 fully saturated rings. The summed E-state index contributed by atoms with van der Waals surface area (Å²) in [5.74, 6) is -0.728. The van der Waals surface area contributed by atoms with Crippen molar-refractivity contribution in [3.05, 3.63) is 92.5 Å². The quantitative estimate of drug-likeness (QED) is 0.453. The van der Waals surface area contributed by atoms with Crippen molar-refractivity contribution in [3.63, 3.8) is 0 Å². The second-order valence-corrected chi connectivity index (χ2v) is 7.77. The zero-order valence-electron chi connectivity index (χ0n) is 18.7. The van der Waals surface area contributed by atoms with E-state index in [0.29, 0.717) is 29.0 Å². The van der Waals surface area contributed by atoms with Crippen molar-refractivity contribution >= 4 is 22.6 Å². The lowest BCUT2D eigenvalue weighted by atomic mass is 10.2. The third-order valence-corrected chi connectivity index (χ3v) is 5.64. The number of aryl methyl sites for hydroxylation is 2. The van der Waals surface area contributed by atoms with Crippen LogP contribution in [0.1, 0.15) is 18.2 Å². The summed E-state index contributed by atoms with van der Waals surface area (Å²) in [4.78, 5) is 41.4. The number of para-hydroxylation sites is 1. The van der Waals surface area contributed by atoms with Crippen LogP contribution < -0.4 is 16.1 Å². The van der Waals surface area contributed by atoms with Gasteiger partial charge in [-0.15, -0.1) is 0 Å². The fourth-order valence-corrected chi connectivity index (χ4v) is 3.89. The van der Waals surface area contributed by atoms with E-state index in [9.17, 15) is 18.8 Å². The van der Waals surface area contributed by atoms with Crippen LogP contribution >= 0.6 is 0 Å². The summed E-state index contributed by atoms with van der Waals surface area (Å²) >= 11 is 0. The van der Waals surface area contributed by atoms with Gasteiger partial charge in [-0.3, -0.25) is 23.4 Å². The van der Waals surface area contributed by atoms with Crippen molar-refractivity contribution in [1.29, 1.82) is 0 Å². The summed E-state index contributed by atoms with van der Waals surface area (Å²) in [7, 11) is 1.64. The molecule has 0 saturated carbocycles. The number of benzene rings is 2. The van der Waals surface area contributed by atoms with Crippen LogP contribution in [0.2, 0.25) is 0 Å². The van der Waals surface area contributed by atoms with Crippen molar-refractivity contribution in [1.82, 2.24) is 18.9 Å². The van der Waals surface area contributed by atoms with E-state index in [-0.39, 0.29) is 24.5 Å². The van der Waals surface area contributed by atoms with Crippen molar-refractivity contribution in [3.8, 4) is 0 Å². The number of anilines is 1. The Morgan fingerprint density at radius 1 is 1.00 bits per heavy atom. The normalized spacial score (nSPS) is 11.2. The van der Waals surface area contributed by atoms with Crippen LogP contribution in [0.4, 0.5) is 10.1 Å². The van der Waals surface area contributed by atoms with Gasteiger partial charge < -0.3 is 4.90 Å². The molecule has 0 aliphatic rings. The van der Waals surface area contributed by atoms with Crippen LogP contribution in [-0.4, -0.2) is 31.9 Å². The van der Waals surface area contributed by atoms with Gasteiger partial charge in [0.25, 0.3) is 5.56 Å². The zero-order chi connectivity index (χ0) is 23.7. The molecule has 33 heavy (non-hydrogen) atoms. The number of halogens is 1. The zero-order valence-corrected chi connectivity index (χ0v) is 18.7. The molecule has 170 valence electrons. The van der Waals surface area contributed by atoms with Crippen LogP contribution in [0.15, 0.2) is 64.2 Å². The molecule has 0 radical (unpaired) electrons. The van der Waals surface area contributed by atoms with Gasteiger partial charge >= 0.3 is 5.69 Å². The number of hydrogen-bond donors (Lipinski definition) is 0. The number of aromatic nitrogens is 4. The number of carbonyl (C=O) groups is 1. The maximum Gasteiger partial charge on any atom is 0.332 e. The molecule has 4 rings (SSSR count). The fourth-order valence-electron chi connectivity index (χ4n) is 3.89. The minimum atomic E-state index is -0.620. The van der Waals surface area contributed by atoms with Gasteiger partial charge in [-0.25, -0.2) is 9.18 Å². The van der Waals surface area contributed by atoms with E-state index in [1.54, 1.807) is 26.1 Å². The van der Waals surface area contributed by atoms with Gasteiger partial charge in [0.2, 0.25) is 5.91 Å². The highest BCUT2D eigenvalue weighted by atomic mass is 19.1. The number of carbonyl (C=O) groups excluding carboxylic acids is 1. The van der Waals surface area contributed by atoms with Gasteiger partial charge in [0.15, 0.2) is 5.52 Å². The van der Waals surface area contributed by atoms with E-state index in [1.165, 1.54) is 38.4 Å². The van der Waals surface area contributed by atoms with Crippen LogP contribution in [0, 0.1) is 12.7 Å². The number of nitrogens with zero attached hydrogens (tertiary/aromatic N) is 5. The van der Waals surface area contributed by atoms with Gasteiger partial charge in [-0.05, 0) is 43.7 Å². The first-order valence-electron chi connectivity index (χ1n) is 10.6. The predicted molar refractivity (Wildman–Crippen MR) is 124 cm³/mol. The molecular formula is C24H24FN5O3. The number of hydrogen-bond acceptors (Lipinski definition) is 4. The Kier molecular flexibility index (Phi) is 5.95. The molecule has 0 aliphatic heterocycles. The van der Waals surface area contributed by atoms with Gasteiger partial charge in [-0.2, -0.15) is 5.10 Å². The lowest BCUT2D eigenvalue weighted by molar-refractivity contribution is -0.118. The van der Waals surface area contributed by atoms with E-state index in [4.69, 9.17) is 0 Å². The van der Waals surface area contributed by atoms with Gasteiger partial charge in [0, 0.05) is 19.3 Å². The molecule has 2 aromatic carbocycles. The second-order valence-electron chi connectivity index (χ2n) is 7.77. The van der Waals surface area contributed by atoms with Gasteiger partial charge in [-0.1, -0.05) is 30.3 Å². The molecule has 2 heterocycles. The standard InChI is InChI=1S/C24H24FN5O3/c1-4-30-22-21(16(2)26-30)28(15-20(31)27(3)19-8-6-5-7-9-19)24(33)29(23(22)32)14-17-10-12-18(25)13-11-17/h5-13H,4,14-15H2,1-3H3. The van der Waals surface area contributed by atoms with Gasteiger partial charge in [0.05, 0.1) is 12.2 Å². The van der Waals surface area contributed by atoms with E-state index >= 15 is 0 Å². The van der Waals surface area contributed by atoms with Gasteiger partial charge in [0.1, 0.15) is 17.9 Å². The number of likely N-dealkylation sites (N-methyl/N-ethyl adjacent to an activating group) is 1. The number of fused-ring (bicyclic) bond motifs is 1. The first-order valence-corrected chi connectivity index (χ1v) is 10.6. The Bertz CT molecular complexity index is 1440. The lowest BCUT2D eigenvalue weighted by Gasteiger charge is -2.19. The Balaban J connectivity index is 1.86. The molecule has 0 N–H and O–H groups in total. The summed E-state index contributed by atoms with van der Waals surface area (Å²) in [5, 5.41) is 4.41. The molecule has 4 aromatic rings. The van der Waals surface area contributed by atoms with E-state index in [1.807, 2.05) is 25.1 Å². The summed E-state index contributed by atoms with van der Waals surface area (Å²) in [6.45, 7) is 3.66. The Labute approximate surface area is 189 Å². The monoisotopic (exact) mass is 449 g/mol. The molecule has 0 spiro atoms. The third-order valence-electron chi connectivity index (χ3n) is 5.64. The first kappa shape index (κ1) is 22.2. The molecule has 0 saturated heterocycles. The molecule has 0 aliphatic carbocycles. The minimum absolute atomic E-state index is 0.0510. The molecule has 2 aromatic heterocycles. The maximum atomic E-state index is 13.5. The van der Waals surface area contributed by atoms with Crippen LogP contribution in [0.25, 0.3) is 11.0 Å². The average molecular weight is 449 g/mol. The topological polar surface area (TPSA) is 82.1 Å². The molecule has 9 heteroatoms. The second kappa shape index (κ2) is 8.85. The Hall–Kier alpha value is -4.01. The van der Waals surface area contributed by atoms with E-state index in [2.05, 4.69) is 5.10 Å². The highest BCUT2D eigenvalue weighted by Gasteiger charge is 2.23. The smallest absolute Gasteiger partial charge is 0.314 e. The van der Waals surface area contributed by atoms with Crippen LogP contribution in [0.5, 0.6) is 0 Å². The average Bonchev–Trinajstić information content (AvgIpc) is 3.17. The molecule has 1 amide bonds. The largest absolute Gasteiger partial charge is 0.332 e. The highest BCUT2D eigenvalue weighted by molar-refractivity contribution is 5.93. The fraction of sp³-hybridized carbons (Fsp3) is 0.250. The predicted octanol–water partition coefficient (Wildman–Crippen LogP) is 2.54. The third kappa shape index (κ3) is 4.09. The molecule has 0 bridgehead atoms. The molecule has 0 unspecified atom stereocenters. The van der Waals surface area contributed by atoms with Crippen molar-refractivity contribution in [2.45, 2.75) is 33.5 Å². The van der Waals surface area contributed by atoms with Crippen LogP contribution in [0.3, 0.4) is 0 Å². The Morgan fingerprint density at radius 3 is 2.30 bits per heavy atom. The summed E-state index contributed by atoms with van der Waals surface area (Å²) in [5.41, 5.74) is 1.25.